The highest BCUT2D eigenvalue weighted by atomic mass is 19.1. The number of halogens is 2. The number of aliphatic hydroxyl groups excluding tert-OH is 1. The van der Waals surface area contributed by atoms with Crippen molar-refractivity contribution in [3.8, 4) is 0 Å². The average molecular weight is 353 g/mol. The molecule has 1 atom stereocenters. The molecule has 0 saturated carbocycles. The van der Waals surface area contributed by atoms with Gasteiger partial charge in [0, 0.05) is 31.3 Å². The number of benzene rings is 3. The summed E-state index contributed by atoms with van der Waals surface area (Å²) in [7, 11) is 0. The number of rotatable bonds is 7. The van der Waals surface area contributed by atoms with Gasteiger partial charge in [0.25, 0.3) is 0 Å². The summed E-state index contributed by atoms with van der Waals surface area (Å²) in [6, 6.07) is 22.8. The number of hydrogen-bond acceptors (Lipinski definition) is 2. The van der Waals surface area contributed by atoms with Crippen molar-refractivity contribution in [1.29, 1.82) is 0 Å². The summed E-state index contributed by atoms with van der Waals surface area (Å²) < 4.78 is 27.3. The Morgan fingerprint density at radius 1 is 0.808 bits per heavy atom. The quantitative estimate of drug-likeness (QED) is 0.665. The van der Waals surface area contributed by atoms with Crippen LogP contribution < -0.4 is 0 Å². The summed E-state index contributed by atoms with van der Waals surface area (Å²) in [6.45, 7) is 1.18. The molecular formula is C22H21F2NO. The Morgan fingerprint density at radius 2 is 1.46 bits per heavy atom. The van der Waals surface area contributed by atoms with Crippen molar-refractivity contribution in [2.24, 2.45) is 0 Å². The Morgan fingerprint density at radius 3 is 2.12 bits per heavy atom. The predicted molar refractivity (Wildman–Crippen MR) is 98.3 cm³/mol. The second-order valence-electron chi connectivity index (χ2n) is 6.32. The third-order valence-electron chi connectivity index (χ3n) is 4.27. The first kappa shape index (κ1) is 18.2. The minimum atomic E-state index is -0.691. The van der Waals surface area contributed by atoms with Crippen LogP contribution in [0, 0.1) is 11.6 Å². The van der Waals surface area contributed by atoms with E-state index in [-0.39, 0.29) is 6.54 Å². The van der Waals surface area contributed by atoms with Crippen LogP contribution in [0.3, 0.4) is 0 Å². The number of nitrogens with zero attached hydrogens (tertiary/aromatic N) is 1. The molecule has 0 heterocycles. The van der Waals surface area contributed by atoms with E-state index in [1.807, 2.05) is 65.6 Å². The molecule has 0 spiro atoms. The van der Waals surface area contributed by atoms with Crippen LogP contribution in [-0.4, -0.2) is 16.6 Å². The third kappa shape index (κ3) is 4.97. The lowest BCUT2D eigenvalue weighted by molar-refractivity contribution is 0.104. The maximum absolute atomic E-state index is 14.1. The maximum Gasteiger partial charge on any atom is 0.130 e. The molecule has 1 unspecified atom stereocenters. The van der Waals surface area contributed by atoms with Crippen molar-refractivity contribution in [2.45, 2.75) is 19.2 Å². The maximum atomic E-state index is 14.1. The zero-order chi connectivity index (χ0) is 18.4. The van der Waals surface area contributed by atoms with Crippen molar-refractivity contribution in [3.63, 3.8) is 0 Å². The summed E-state index contributed by atoms with van der Waals surface area (Å²) >= 11 is 0. The van der Waals surface area contributed by atoms with Crippen molar-refractivity contribution in [2.75, 3.05) is 6.54 Å². The highest BCUT2D eigenvalue weighted by molar-refractivity contribution is 5.21. The van der Waals surface area contributed by atoms with Crippen LogP contribution >= 0.6 is 0 Å². The molecule has 0 aliphatic carbocycles. The van der Waals surface area contributed by atoms with Gasteiger partial charge < -0.3 is 5.11 Å². The molecule has 2 nitrogen and oxygen atoms in total. The summed E-state index contributed by atoms with van der Waals surface area (Å²) in [6.07, 6.45) is -0.691. The van der Waals surface area contributed by atoms with E-state index in [1.54, 1.807) is 0 Å². The van der Waals surface area contributed by atoms with Crippen LogP contribution in [0.5, 0.6) is 0 Å². The van der Waals surface area contributed by atoms with Crippen LogP contribution in [0.2, 0.25) is 0 Å². The van der Waals surface area contributed by atoms with E-state index in [0.717, 1.165) is 17.2 Å². The molecule has 0 fully saturated rings. The zero-order valence-corrected chi connectivity index (χ0v) is 14.4. The molecule has 3 aromatic rings. The molecule has 0 aliphatic rings. The standard InChI is InChI=1S/C22H21F2NO/c23-20-12-11-19(21(24)13-20)15-25(14-17-7-3-1-4-8-17)16-22(26)18-9-5-2-6-10-18/h1-13,22,26H,14-16H2. The first-order valence-electron chi connectivity index (χ1n) is 8.55. The molecule has 4 heteroatoms. The largest absolute Gasteiger partial charge is 0.387 e. The average Bonchev–Trinajstić information content (AvgIpc) is 2.65. The molecule has 26 heavy (non-hydrogen) atoms. The van der Waals surface area contributed by atoms with Crippen molar-refractivity contribution in [3.05, 3.63) is 107 Å². The summed E-state index contributed by atoms with van der Waals surface area (Å²) in [5.41, 5.74) is 2.28. The lowest BCUT2D eigenvalue weighted by Gasteiger charge is -2.26. The lowest BCUT2D eigenvalue weighted by Crippen LogP contribution is -2.28. The van der Waals surface area contributed by atoms with E-state index in [9.17, 15) is 13.9 Å². The highest BCUT2D eigenvalue weighted by Gasteiger charge is 2.16. The fourth-order valence-electron chi connectivity index (χ4n) is 2.94. The van der Waals surface area contributed by atoms with Crippen LogP contribution in [0.15, 0.2) is 78.9 Å². The third-order valence-corrected chi connectivity index (χ3v) is 4.27. The monoisotopic (exact) mass is 353 g/mol. The summed E-state index contributed by atoms with van der Waals surface area (Å²) in [5, 5.41) is 10.6. The second kappa shape index (κ2) is 8.70. The van der Waals surface area contributed by atoms with Crippen LogP contribution in [0.4, 0.5) is 8.78 Å². The SMILES string of the molecule is OC(CN(Cc1ccccc1)Cc1ccc(F)cc1F)c1ccccc1. The Hall–Kier alpha value is -2.56. The van der Waals surface area contributed by atoms with Crippen molar-refractivity contribution < 1.29 is 13.9 Å². The predicted octanol–water partition coefficient (Wildman–Crippen LogP) is 4.70. The molecule has 0 radical (unpaired) electrons. The first-order valence-corrected chi connectivity index (χ1v) is 8.55. The molecule has 0 aromatic heterocycles. The van der Waals surface area contributed by atoms with E-state index >= 15 is 0 Å². The normalized spacial score (nSPS) is 12.3. The molecule has 0 saturated heterocycles. The topological polar surface area (TPSA) is 23.5 Å². The van der Waals surface area contributed by atoms with E-state index < -0.39 is 17.7 Å². The molecule has 0 amide bonds. The van der Waals surface area contributed by atoms with Gasteiger partial charge in [0.2, 0.25) is 0 Å². The Kier molecular flexibility index (Phi) is 6.10. The molecule has 0 bridgehead atoms. The van der Waals surface area contributed by atoms with E-state index in [4.69, 9.17) is 0 Å². The molecule has 0 aliphatic heterocycles. The van der Waals surface area contributed by atoms with Gasteiger partial charge in [-0.05, 0) is 17.2 Å². The molecule has 3 aromatic carbocycles. The van der Waals surface area contributed by atoms with Gasteiger partial charge in [-0.25, -0.2) is 8.78 Å². The van der Waals surface area contributed by atoms with Crippen LogP contribution in [-0.2, 0) is 13.1 Å². The minimum absolute atomic E-state index is 0.283. The van der Waals surface area contributed by atoms with Crippen molar-refractivity contribution in [1.82, 2.24) is 4.90 Å². The molecule has 134 valence electrons. The molecular weight excluding hydrogens is 332 g/mol. The molecule has 1 N–H and O–H groups in total. The Labute approximate surface area is 152 Å². The van der Waals surface area contributed by atoms with Gasteiger partial charge in [-0.15, -0.1) is 0 Å². The van der Waals surface area contributed by atoms with Gasteiger partial charge in [0.15, 0.2) is 0 Å². The van der Waals surface area contributed by atoms with Gasteiger partial charge in [-0.2, -0.15) is 0 Å². The highest BCUT2D eigenvalue weighted by Crippen LogP contribution is 2.19. The Bertz CT molecular complexity index is 824. The van der Waals surface area contributed by atoms with E-state index in [2.05, 4.69) is 0 Å². The van der Waals surface area contributed by atoms with E-state index in [0.29, 0.717) is 18.7 Å². The second-order valence-corrected chi connectivity index (χ2v) is 6.32. The van der Waals surface area contributed by atoms with Crippen LogP contribution in [0.1, 0.15) is 22.8 Å². The fraction of sp³-hybridized carbons (Fsp3) is 0.182. The Balaban J connectivity index is 1.79. The van der Waals surface area contributed by atoms with E-state index in [1.165, 1.54) is 12.1 Å². The minimum Gasteiger partial charge on any atom is -0.387 e. The number of aliphatic hydroxyl groups is 1. The first-order chi connectivity index (χ1) is 12.6. The van der Waals surface area contributed by atoms with Crippen LogP contribution in [0.25, 0.3) is 0 Å². The van der Waals surface area contributed by atoms with Gasteiger partial charge >= 0.3 is 0 Å². The lowest BCUT2D eigenvalue weighted by atomic mass is 10.1. The van der Waals surface area contributed by atoms with Gasteiger partial charge in [0.05, 0.1) is 6.10 Å². The molecule has 3 rings (SSSR count). The van der Waals surface area contributed by atoms with Gasteiger partial charge in [-0.3, -0.25) is 4.90 Å². The summed E-state index contributed by atoms with van der Waals surface area (Å²) in [5.74, 6) is -1.16. The smallest absolute Gasteiger partial charge is 0.130 e. The van der Waals surface area contributed by atoms with Crippen molar-refractivity contribution >= 4 is 0 Å². The zero-order valence-electron chi connectivity index (χ0n) is 14.4. The fourth-order valence-corrected chi connectivity index (χ4v) is 2.94. The summed E-state index contributed by atoms with van der Waals surface area (Å²) in [4.78, 5) is 1.96. The van der Waals surface area contributed by atoms with Gasteiger partial charge in [0.1, 0.15) is 11.6 Å². The number of hydrogen-bond donors (Lipinski definition) is 1. The van der Waals surface area contributed by atoms with Gasteiger partial charge in [-0.1, -0.05) is 66.7 Å².